The zero-order valence-corrected chi connectivity index (χ0v) is 11.7. The fraction of sp³-hybridized carbons (Fsp3) is 0.385. The molecule has 0 aliphatic rings. The summed E-state index contributed by atoms with van der Waals surface area (Å²) in [5, 5.41) is 15.0. The molecule has 1 aromatic rings. The van der Waals surface area contributed by atoms with Gasteiger partial charge in [0.2, 0.25) is 5.91 Å². The van der Waals surface area contributed by atoms with Gasteiger partial charge in [0, 0.05) is 11.6 Å². The van der Waals surface area contributed by atoms with Crippen molar-refractivity contribution in [1.29, 1.82) is 0 Å². The number of halogens is 1. The van der Waals surface area contributed by atoms with Gasteiger partial charge in [-0.1, -0.05) is 35.8 Å². The Morgan fingerprint density at radius 3 is 2.79 bits per heavy atom. The highest BCUT2D eigenvalue weighted by molar-refractivity contribution is 6.30. The van der Waals surface area contributed by atoms with Gasteiger partial charge in [0.1, 0.15) is 5.41 Å². The van der Waals surface area contributed by atoms with Gasteiger partial charge in [-0.15, -0.1) is 0 Å². The van der Waals surface area contributed by atoms with Crippen molar-refractivity contribution in [1.82, 2.24) is 5.32 Å². The largest absolute Gasteiger partial charge is 0.409 e. The number of rotatable bonds is 5. The summed E-state index contributed by atoms with van der Waals surface area (Å²) in [6, 6.07) is 7.21. The molecule has 1 aromatic carbocycles. The summed E-state index contributed by atoms with van der Waals surface area (Å²) in [6.07, 6.45) is 0.435. The zero-order chi connectivity index (χ0) is 14.5. The summed E-state index contributed by atoms with van der Waals surface area (Å²) >= 11 is 5.87. The van der Waals surface area contributed by atoms with Crippen molar-refractivity contribution >= 4 is 23.3 Å². The number of carbonyl (C=O) groups excluding carboxylic acids is 1. The maximum atomic E-state index is 12.1. The number of oxime groups is 1. The van der Waals surface area contributed by atoms with E-state index in [0.29, 0.717) is 18.0 Å². The predicted octanol–water partition coefficient (Wildman–Crippen LogP) is 2.12. The minimum Gasteiger partial charge on any atom is -0.409 e. The van der Waals surface area contributed by atoms with Crippen molar-refractivity contribution in [2.75, 3.05) is 0 Å². The summed E-state index contributed by atoms with van der Waals surface area (Å²) in [5.74, 6) is -0.385. The number of nitrogens with two attached hydrogens (primary N) is 1. The third kappa shape index (κ3) is 3.61. The van der Waals surface area contributed by atoms with Gasteiger partial charge in [-0.2, -0.15) is 0 Å². The minimum absolute atomic E-state index is 0.0985. The molecule has 0 aliphatic carbocycles. The molecule has 4 N–H and O–H groups in total. The molecule has 1 unspecified atom stereocenters. The van der Waals surface area contributed by atoms with Crippen molar-refractivity contribution in [3.05, 3.63) is 34.9 Å². The van der Waals surface area contributed by atoms with Crippen molar-refractivity contribution in [2.45, 2.75) is 26.8 Å². The van der Waals surface area contributed by atoms with E-state index in [0.717, 1.165) is 5.56 Å². The lowest BCUT2D eigenvalue weighted by Gasteiger charge is -2.25. The summed E-state index contributed by atoms with van der Waals surface area (Å²) in [7, 11) is 0. The van der Waals surface area contributed by atoms with E-state index in [1.807, 2.05) is 12.1 Å². The zero-order valence-electron chi connectivity index (χ0n) is 11.0. The molecule has 1 atom stereocenters. The van der Waals surface area contributed by atoms with Crippen LogP contribution in [0, 0.1) is 5.41 Å². The number of amides is 1. The summed E-state index contributed by atoms with van der Waals surface area (Å²) in [4.78, 5) is 12.1. The molecular formula is C13H18ClN3O2. The van der Waals surface area contributed by atoms with Crippen LogP contribution in [-0.2, 0) is 11.3 Å². The average molecular weight is 284 g/mol. The van der Waals surface area contributed by atoms with Crippen LogP contribution in [0.2, 0.25) is 5.02 Å². The second kappa shape index (κ2) is 6.43. The number of carbonyl (C=O) groups is 1. The topological polar surface area (TPSA) is 87.7 Å². The van der Waals surface area contributed by atoms with Crippen molar-refractivity contribution in [3.63, 3.8) is 0 Å². The second-order valence-corrected chi connectivity index (χ2v) is 4.92. The maximum absolute atomic E-state index is 12.1. The molecule has 0 radical (unpaired) electrons. The molecule has 0 aliphatic heterocycles. The van der Waals surface area contributed by atoms with Crippen molar-refractivity contribution < 1.29 is 10.0 Å². The Balaban J connectivity index is 2.74. The molecule has 0 bridgehead atoms. The molecule has 0 heterocycles. The fourth-order valence-electron chi connectivity index (χ4n) is 1.59. The van der Waals surface area contributed by atoms with Gasteiger partial charge in [0.05, 0.1) is 0 Å². The Morgan fingerprint density at radius 2 is 2.26 bits per heavy atom. The van der Waals surface area contributed by atoms with Gasteiger partial charge in [-0.25, -0.2) is 0 Å². The molecule has 19 heavy (non-hydrogen) atoms. The highest BCUT2D eigenvalue weighted by atomic mass is 35.5. The first-order chi connectivity index (χ1) is 8.93. The molecule has 104 valence electrons. The van der Waals surface area contributed by atoms with E-state index in [1.165, 1.54) is 0 Å². The van der Waals surface area contributed by atoms with Gasteiger partial charge in [-0.3, -0.25) is 4.79 Å². The Kier molecular flexibility index (Phi) is 5.18. The monoisotopic (exact) mass is 283 g/mol. The number of hydrogen-bond acceptors (Lipinski definition) is 3. The number of benzene rings is 1. The Labute approximate surface area is 117 Å². The molecule has 0 saturated carbocycles. The van der Waals surface area contributed by atoms with E-state index in [-0.39, 0.29) is 11.7 Å². The molecule has 5 nitrogen and oxygen atoms in total. The molecular weight excluding hydrogens is 266 g/mol. The van der Waals surface area contributed by atoms with Crippen LogP contribution in [0.5, 0.6) is 0 Å². The smallest absolute Gasteiger partial charge is 0.233 e. The van der Waals surface area contributed by atoms with E-state index < -0.39 is 5.41 Å². The molecule has 0 saturated heterocycles. The van der Waals surface area contributed by atoms with Crippen LogP contribution in [0.25, 0.3) is 0 Å². The Bertz CT molecular complexity index is 491. The minimum atomic E-state index is -1.02. The van der Waals surface area contributed by atoms with E-state index in [9.17, 15) is 4.79 Å². The summed E-state index contributed by atoms with van der Waals surface area (Å²) < 4.78 is 0. The van der Waals surface area contributed by atoms with E-state index in [1.54, 1.807) is 26.0 Å². The van der Waals surface area contributed by atoms with Crippen molar-refractivity contribution in [3.8, 4) is 0 Å². The number of amidine groups is 1. The third-order valence-electron chi connectivity index (χ3n) is 3.22. The van der Waals surface area contributed by atoms with Crippen LogP contribution >= 0.6 is 11.6 Å². The second-order valence-electron chi connectivity index (χ2n) is 4.48. The van der Waals surface area contributed by atoms with Gasteiger partial charge in [0.15, 0.2) is 5.84 Å². The predicted molar refractivity (Wildman–Crippen MR) is 75.1 cm³/mol. The number of nitrogens with zero attached hydrogens (tertiary/aromatic N) is 1. The summed E-state index contributed by atoms with van der Waals surface area (Å²) in [6.45, 7) is 3.78. The average Bonchev–Trinajstić information content (AvgIpc) is 2.42. The number of hydrogen-bond donors (Lipinski definition) is 3. The van der Waals surface area contributed by atoms with Crippen LogP contribution in [0.3, 0.4) is 0 Å². The summed E-state index contributed by atoms with van der Waals surface area (Å²) in [5.41, 5.74) is 5.44. The first-order valence-electron chi connectivity index (χ1n) is 5.94. The van der Waals surface area contributed by atoms with Crippen LogP contribution in [-0.4, -0.2) is 17.0 Å². The highest BCUT2D eigenvalue weighted by Crippen LogP contribution is 2.21. The number of nitrogens with one attached hydrogen (secondary N) is 1. The van der Waals surface area contributed by atoms with Gasteiger partial charge < -0.3 is 16.3 Å². The first kappa shape index (κ1) is 15.3. The Morgan fingerprint density at radius 1 is 1.58 bits per heavy atom. The van der Waals surface area contributed by atoms with Crippen LogP contribution in [0.1, 0.15) is 25.8 Å². The van der Waals surface area contributed by atoms with E-state index in [2.05, 4.69) is 10.5 Å². The molecule has 1 amide bonds. The Hall–Kier alpha value is -1.75. The third-order valence-corrected chi connectivity index (χ3v) is 3.46. The van der Waals surface area contributed by atoms with Crippen LogP contribution in [0.4, 0.5) is 0 Å². The van der Waals surface area contributed by atoms with Gasteiger partial charge in [-0.05, 0) is 31.0 Å². The van der Waals surface area contributed by atoms with Gasteiger partial charge >= 0.3 is 0 Å². The SMILES string of the molecule is CCC(C)(C(=O)NCc1cccc(Cl)c1)/C(N)=N/O. The molecule has 0 aromatic heterocycles. The normalized spacial score (nSPS) is 14.8. The van der Waals surface area contributed by atoms with Crippen LogP contribution in [0.15, 0.2) is 29.4 Å². The van der Waals surface area contributed by atoms with E-state index in [4.69, 9.17) is 22.5 Å². The lowest BCUT2D eigenvalue weighted by Crippen LogP contribution is -2.47. The standard InChI is InChI=1S/C13H18ClN3O2/c1-3-13(2,11(15)17-19)12(18)16-8-9-5-4-6-10(14)7-9/h4-7,19H,3,8H2,1-2H3,(H2,15,17)(H,16,18). The molecule has 6 heteroatoms. The first-order valence-corrected chi connectivity index (χ1v) is 6.32. The molecule has 0 spiro atoms. The highest BCUT2D eigenvalue weighted by Gasteiger charge is 2.36. The fourth-order valence-corrected chi connectivity index (χ4v) is 1.81. The van der Waals surface area contributed by atoms with Crippen LogP contribution < -0.4 is 11.1 Å². The maximum Gasteiger partial charge on any atom is 0.233 e. The molecule has 1 rings (SSSR count). The van der Waals surface area contributed by atoms with Gasteiger partial charge in [0.25, 0.3) is 0 Å². The quantitative estimate of drug-likeness (QED) is 0.335. The lowest BCUT2D eigenvalue weighted by molar-refractivity contribution is -0.127. The lowest BCUT2D eigenvalue weighted by atomic mass is 9.85. The van der Waals surface area contributed by atoms with Crippen molar-refractivity contribution in [2.24, 2.45) is 16.3 Å². The molecule has 0 fully saturated rings. The van der Waals surface area contributed by atoms with E-state index >= 15 is 0 Å².